The topological polar surface area (TPSA) is 36.3 Å². The van der Waals surface area contributed by atoms with Gasteiger partial charge in [-0.15, -0.1) is 0 Å². The fourth-order valence-electron chi connectivity index (χ4n) is 2.50. The van der Waals surface area contributed by atoms with Crippen molar-refractivity contribution in [1.82, 2.24) is 4.90 Å². The van der Waals surface area contributed by atoms with Crippen molar-refractivity contribution < 1.29 is 4.74 Å². The molecule has 1 atom stereocenters. The number of benzene rings is 2. The summed E-state index contributed by atoms with van der Waals surface area (Å²) in [4.78, 5) is 2.17. The van der Waals surface area contributed by atoms with Crippen molar-refractivity contribution in [2.75, 3.05) is 21.2 Å². The highest BCUT2D eigenvalue weighted by Crippen LogP contribution is 2.28. The molecule has 2 rings (SSSR count). The minimum atomic E-state index is 0.279. The number of hydrogen-bond acceptors (Lipinski definition) is 3. The third-order valence-corrected chi connectivity index (χ3v) is 3.61. The molecular weight excluding hydrogens is 248 g/mol. The monoisotopic (exact) mass is 268 g/mol. The third kappa shape index (κ3) is 3.09. The lowest BCUT2D eigenvalue weighted by molar-refractivity contribution is 0.286. The second kappa shape index (κ2) is 6.40. The average Bonchev–Trinajstić information content (AvgIpc) is 2.46. The average molecular weight is 268 g/mol. The summed E-state index contributed by atoms with van der Waals surface area (Å²) in [6.45, 7) is 0. The summed E-state index contributed by atoms with van der Waals surface area (Å²) in [5.41, 5.74) is 1.25. The van der Waals surface area contributed by atoms with Crippen LogP contribution in [-0.4, -0.2) is 26.1 Å². The summed E-state index contributed by atoms with van der Waals surface area (Å²) in [5.74, 6) is 0.874. The molecule has 104 valence electrons. The van der Waals surface area contributed by atoms with Gasteiger partial charge in [-0.25, -0.2) is 0 Å². The summed E-state index contributed by atoms with van der Waals surface area (Å²) in [6.07, 6.45) is 1.43. The summed E-state index contributed by atoms with van der Waals surface area (Å²) in [6, 6.07) is 15.1. The van der Waals surface area contributed by atoms with Crippen molar-refractivity contribution in [1.29, 1.82) is 5.26 Å². The quantitative estimate of drug-likeness (QED) is 0.828. The molecule has 0 aliphatic heterocycles. The van der Waals surface area contributed by atoms with Gasteiger partial charge in [-0.1, -0.05) is 18.2 Å². The molecule has 0 radical (unpaired) electrons. The summed E-state index contributed by atoms with van der Waals surface area (Å²) >= 11 is 0. The van der Waals surface area contributed by atoms with E-state index in [1.54, 1.807) is 7.11 Å². The Morgan fingerprint density at radius 3 is 2.50 bits per heavy atom. The summed E-state index contributed by atoms with van der Waals surface area (Å²) < 4.78 is 5.25. The molecule has 0 saturated carbocycles. The maximum absolute atomic E-state index is 8.79. The van der Waals surface area contributed by atoms with Gasteiger partial charge in [0.1, 0.15) is 5.75 Å². The molecule has 0 fully saturated rings. The second-order valence-electron chi connectivity index (χ2n) is 5.15. The number of fused-ring (bicyclic) bond motifs is 1. The SMILES string of the molecule is COc1ccc2cc(C(CCC#N)N(C)C)ccc2c1. The maximum Gasteiger partial charge on any atom is 0.119 e. The molecule has 2 aromatic rings. The largest absolute Gasteiger partial charge is 0.497 e. The van der Waals surface area contributed by atoms with Crippen molar-refractivity contribution in [3.05, 3.63) is 42.0 Å². The molecular formula is C17H20N2O. The lowest BCUT2D eigenvalue weighted by Gasteiger charge is -2.24. The van der Waals surface area contributed by atoms with E-state index in [2.05, 4.69) is 49.3 Å². The Balaban J connectivity index is 2.36. The lowest BCUT2D eigenvalue weighted by Crippen LogP contribution is -2.19. The van der Waals surface area contributed by atoms with E-state index in [4.69, 9.17) is 10.00 Å². The number of ether oxygens (including phenoxy) is 1. The summed E-state index contributed by atoms with van der Waals surface area (Å²) in [7, 11) is 5.79. The van der Waals surface area contributed by atoms with E-state index >= 15 is 0 Å². The zero-order valence-corrected chi connectivity index (χ0v) is 12.3. The van der Waals surface area contributed by atoms with Crippen LogP contribution in [0.4, 0.5) is 0 Å². The van der Waals surface area contributed by atoms with E-state index in [9.17, 15) is 0 Å². The van der Waals surface area contributed by atoms with Gasteiger partial charge in [-0.05, 0) is 55.1 Å². The van der Waals surface area contributed by atoms with Gasteiger partial charge < -0.3 is 9.64 Å². The van der Waals surface area contributed by atoms with Crippen LogP contribution in [0.3, 0.4) is 0 Å². The van der Waals surface area contributed by atoms with Crippen LogP contribution in [0.15, 0.2) is 36.4 Å². The van der Waals surface area contributed by atoms with Crippen molar-refractivity contribution in [3.8, 4) is 11.8 Å². The first kappa shape index (κ1) is 14.4. The normalized spacial score (nSPS) is 12.3. The fraction of sp³-hybridized carbons (Fsp3) is 0.353. The first-order valence-corrected chi connectivity index (χ1v) is 6.77. The first-order valence-electron chi connectivity index (χ1n) is 6.77. The van der Waals surface area contributed by atoms with Gasteiger partial charge in [0.2, 0.25) is 0 Å². The van der Waals surface area contributed by atoms with E-state index in [1.165, 1.54) is 16.3 Å². The highest BCUT2D eigenvalue weighted by atomic mass is 16.5. The predicted octanol–water partition coefficient (Wildman–Crippen LogP) is 3.75. The Morgan fingerprint density at radius 2 is 1.85 bits per heavy atom. The molecule has 0 bridgehead atoms. The van der Waals surface area contributed by atoms with Gasteiger partial charge in [0.15, 0.2) is 0 Å². The van der Waals surface area contributed by atoms with Crippen LogP contribution in [0.2, 0.25) is 0 Å². The van der Waals surface area contributed by atoms with Crippen LogP contribution in [0.25, 0.3) is 10.8 Å². The van der Waals surface area contributed by atoms with Gasteiger partial charge in [-0.2, -0.15) is 5.26 Å². The number of methoxy groups -OCH3 is 1. The minimum Gasteiger partial charge on any atom is -0.497 e. The Kier molecular flexibility index (Phi) is 4.60. The Labute approximate surface area is 120 Å². The van der Waals surface area contributed by atoms with Crippen molar-refractivity contribution in [2.24, 2.45) is 0 Å². The van der Waals surface area contributed by atoms with Gasteiger partial charge >= 0.3 is 0 Å². The molecule has 3 nitrogen and oxygen atoms in total. The van der Waals surface area contributed by atoms with Crippen LogP contribution >= 0.6 is 0 Å². The molecule has 0 saturated heterocycles. The van der Waals surface area contributed by atoms with Crippen molar-refractivity contribution in [3.63, 3.8) is 0 Å². The van der Waals surface area contributed by atoms with Gasteiger partial charge in [0.05, 0.1) is 13.2 Å². The van der Waals surface area contributed by atoms with Crippen LogP contribution in [0.1, 0.15) is 24.4 Å². The van der Waals surface area contributed by atoms with Gasteiger partial charge in [0, 0.05) is 12.5 Å². The van der Waals surface area contributed by atoms with Crippen LogP contribution in [0.5, 0.6) is 5.75 Å². The fourth-order valence-corrected chi connectivity index (χ4v) is 2.50. The van der Waals surface area contributed by atoms with Crippen molar-refractivity contribution in [2.45, 2.75) is 18.9 Å². The Morgan fingerprint density at radius 1 is 1.15 bits per heavy atom. The Bertz CT molecular complexity index is 628. The van der Waals surface area contributed by atoms with Crippen LogP contribution in [0, 0.1) is 11.3 Å². The molecule has 0 aliphatic rings. The van der Waals surface area contributed by atoms with E-state index < -0.39 is 0 Å². The predicted molar refractivity (Wildman–Crippen MR) is 81.8 cm³/mol. The maximum atomic E-state index is 8.79. The number of hydrogen-bond donors (Lipinski definition) is 0. The smallest absolute Gasteiger partial charge is 0.119 e. The van der Waals surface area contributed by atoms with Crippen molar-refractivity contribution >= 4 is 10.8 Å². The number of nitriles is 1. The molecule has 1 unspecified atom stereocenters. The molecule has 2 aromatic carbocycles. The van der Waals surface area contributed by atoms with E-state index in [0.717, 1.165) is 12.2 Å². The van der Waals surface area contributed by atoms with Crippen LogP contribution < -0.4 is 4.74 Å². The second-order valence-corrected chi connectivity index (χ2v) is 5.15. The van der Waals surface area contributed by atoms with E-state index in [-0.39, 0.29) is 6.04 Å². The highest BCUT2D eigenvalue weighted by molar-refractivity contribution is 5.84. The molecule has 0 amide bonds. The molecule has 0 N–H and O–H groups in total. The molecule has 3 heteroatoms. The number of nitrogens with zero attached hydrogens (tertiary/aromatic N) is 2. The van der Waals surface area contributed by atoms with Gasteiger partial charge in [0.25, 0.3) is 0 Å². The standard InChI is InChI=1S/C17H20N2O/c1-19(2)17(5-4-10-18)15-7-6-14-12-16(20-3)9-8-13(14)11-15/h6-9,11-12,17H,4-5H2,1-3H3. The highest BCUT2D eigenvalue weighted by Gasteiger charge is 2.14. The first-order chi connectivity index (χ1) is 9.65. The molecule has 0 aromatic heterocycles. The zero-order chi connectivity index (χ0) is 14.5. The zero-order valence-electron chi connectivity index (χ0n) is 12.3. The molecule has 0 spiro atoms. The third-order valence-electron chi connectivity index (χ3n) is 3.61. The molecule has 20 heavy (non-hydrogen) atoms. The van der Waals surface area contributed by atoms with Gasteiger partial charge in [-0.3, -0.25) is 0 Å². The Hall–Kier alpha value is -2.05. The number of rotatable bonds is 5. The lowest BCUT2D eigenvalue weighted by atomic mass is 9.98. The van der Waals surface area contributed by atoms with Crippen LogP contribution in [-0.2, 0) is 0 Å². The molecule has 0 heterocycles. The molecule has 0 aliphatic carbocycles. The van der Waals surface area contributed by atoms with E-state index in [0.29, 0.717) is 6.42 Å². The minimum absolute atomic E-state index is 0.279. The van der Waals surface area contributed by atoms with E-state index in [1.807, 2.05) is 12.1 Å². The summed E-state index contributed by atoms with van der Waals surface area (Å²) in [5, 5.41) is 11.2.